The van der Waals surface area contributed by atoms with Crippen molar-refractivity contribution < 1.29 is 18.9 Å². The Labute approximate surface area is 141 Å². The Balaban J connectivity index is 2.26. The molecular formula is C19H32O4. The number of benzene rings is 1. The van der Waals surface area contributed by atoms with Crippen LogP contribution in [0.4, 0.5) is 0 Å². The molecule has 1 aromatic rings. The normalized spacial score (nSPS) is 11.3. The van der Waals surface area contributed by atoms with E-state index >= 15 is 0 Å². The van der Waals surface area contributed by atoms with E-state index in [2.05, 4.69) is 13.8 Å². The summed E-state index contributed by atoms with van der Waals surface area (Å²) in [5.41, 5.74) is 1.02. The Morgan fingerprint density at radius 2 is 1.22 bits per heavy atom. The minimum atomic E-state index is -0.360. The van der Waals surface area contributed by atoms with Gasteiger partial charge in [0.2, 0.25) is 0 Å². The van der Waals surface area contributed by atoms with Crippen molar-refractivity contribution in [3.8, 4) is 0 Å². The van der Waals surface area contributed by atoms with Gasteiger partial charge in [-0.15, -0.1) is 0 Å². The van der Waals surface area contributed by atoms with Crippen LogP contribution in [-0.2, 0) is 18.9 Å². The predicted molar refractivity (Wildman–Crippen MR) is 92.5 cm³/mol. The van der Waals surface area contributed by atoms with Gasteiger partial charge >= 0.3 is 0 Å². The highest BCUT2D eigenvalue weighted by Crippen LogP contribution is 2.18. The zero-order valence-corrected chi connectivity index (χ0v) is 14.7. The van der Waals surface area contributed by atoms with Crippen molar-refractivity contribution in [2.45, 2.75) is 45.8 Å². The lowest BCUT2D eigenvalue weighted by molar-refractivity contribution is -0.162. The lowest BCUT2D eigenvalue weighted by Crippen LogP contribution is -2.16. The van der Waals surface area contributed by atoms with Gasteiger partial charge in [0.25, 0.3) is 0 Å². The maximum Gasteiger partial charge on any atom is 0.184 e. The van der Waals surface area contributed by atoms with Crippen LogP contribution in [-0.4, -0.2) is 39.6 Å². The third-order valence-corrected chi connectivity index (χ3v) is 3.35. The molecule has 0 N–H and O–H groups in total. The van der Waals surface area contributed by atoms with Crippen LogP contribution in [0.2, 0.25) is 0 Å². The summed E-state index contributed by atoms with van der Waals surface area (Å²) in [6, 6.07) is 10.00. The first-order chi connectivity index (χ1) is 11.4. The molecule has 0 atom stereocenters. The zero-order valence-electron chi connectivity index (χ0n) is 14.7. The minimum Gasteiger partial charge on any atom is -0.379 e. The highest BCUT2D eigenvalue weighted by atomic mass is 16.7. The highest BCUT2D eigenvalue weighted by molar-refractivity contribution is 5.15. The molecule has 0 saturated heterocycles. The fraction of sp³-hybridized carbons (Fsp3) is 0.684. The van der Waals surface area contributed by atoms with Gasteiger partial charge in [0.05, 0.1) is 26.4 Å². The topological polar surface area (TPSA) is 36.9 Å². The van der Waals surface area contributed by atoms with Crippen LogP contribution in [0.3, 0.4) is 0 Å². The largest absolute Gasteiger partial charge is 0.379 e. The molecule has 0 radical (unpaired) electrons. The van der Waals surface area contributed by atoms with Crippen molar-refractivity contribution >= 4 is 0 Å². The number of hydrogen-bond donors (Lipinski definition) is 0. The van der Waals surface area contributed by atoms with Gasteiger partial charge in [-0.3, -0.25) is 0 Å². The molecule has 0 saturated carbocycles. The van der Waals surface area contributed by atoms with Crippen LogP contribution in [0.1, 0.15) is 51.4 Å². The Kier molecular flexibility index (Phi) is 12.8. The first-order valence-corrected chi connectivity index (χ1v) is 8.82. The number of unbranched alkanes of at least 4 members (excludes halogenated alkanes) is 2. The molecule has 0 aromatic heterocycles. The van der Waals surface area contributed by atoms with E-state index in [-0.39, 0.29) is 6.29 Å². The van der Waals surface area contributed by atoms with Crippen molar-refractivity contribution in [2.75, 3.05) is 39.6 Å². The van der Waals surface area contributed by atoms with Crippen LogP contribution in [0.15, 0.2) is 30.3 Å². The first kappa shape index (κ1) is 20.1. The van der Waals surface area contributed by atoms with Gasteiger partial charge < -0.3 is 18.9 Å². The van der Waals surface area contributed by atoms with Gasteiger partial charge in [0.15, 0.2) is 6.29 Å². The van der Waals surface area contributed by atoms with Crippen molar-refractivity contribution in [3.63, 3.8) is 0 Å². The quantitative estimate of drug-likeness (QED) is 0.355. The summed E-state index contributed by atoms with van der Waals surface area (Å²) in [7, 11) is 0. The molecule has 0 fully saturated rings. The maximum absolute atomic E-state index is 5.83. The summed E-state index contributed by atoms with van der Waals surface area (Å²) in [5, 5.41) is 0. The van der Waals surface area contributed by atoms with Crippen LogP contribution in [0.25, 0.3) is 0 Å². The van der Waals surface area contributed by atoms with Gasteiger partial charge in [-0.1, -0.05) is 57.0 Å². The third-order valence-electron chi connectivity index (χ3n) is 3.35. The van der Waals surface area contributed by atoms with E-state index in [1.807, 2.05) is 30.3 Å². The molecule has 23 heavy (non-hydrogen) atoms. The monoisotopic (exact) mass is 324 g/mol. The van der Waals surface area contributed by atoms with Gasteiger partial charge in [-0.2, -0.15) is 0 Å². The van der Waals surface area contributed by atoms with Crippen LogP contribution in [0.5, 0.6) is 0 Å². The van der Waals surface area contributed by atoms with E-state index in [4.69, 9.17) is 18.9 Å². The molecule has 0 bridgehead atoms. The number of hydrogen-bond acceptors (Lipinski definition) is 4. The van der Waals surface area contributed by atoms with Gasteiger partial charge in [-0.05, 0) is 12.8 Å². The van der Waals surface area contributed by atoms with Crippen LogP contribution >= 0.6 is 0 Å². The van der Waals surface area contributed by atoms with E-state index < -0.39 is 0 Å². The highest BCUT2D eigenvalue weighted by Gasteiger charge is 2.12. The lowest BCUT2D eigenvalue weighted by atomic mass is 10.2. The van der Waals surface area contributed by atoms with E-state index in [0.29, 0.717) is 26.4 Å². The molecular weight excluding hydrogens is 292 g/mol. The smallest absolute Gasteiger partial charge is 0.184 e. The molecule has 0 aliphatic heterocycles. The number of ether oxygens (including phenoxy) is 4. The molecule has 0 heterocycles. The van der Waals surface area contributed by atoms with Gasteiger partial charge in [0.1, 0.15) is 0 Å². The van der Waals surface area contributed by atoms with Gasteiger partial charge in [0, 0.05) is 18.8 Å². The summed E-state index contributed by atoms with van der Waals surface area (Å²) in [6.45, 7) is 8.15. The molecule has 4 nitrogen and oxygen atoms in total. The zero-order chi connectivity index (χ0) is 16.6. The molecule has 4 heteroatoms. The molecule has 0 spiro atoms. The summed E-state index contributed by atoms with van der Waals surface area (Å²) in [5.74, 6) is 0. The average Bonchev–Trinajstić information content (AvgIpc) is 2.60. The van der Waals surface area contributed by atoms with Crippen LogP contribution in [0, 0.1) is 0 Å². The third kappa shape index (κ3) is 10.4. The Hall–Kier alpha value is -0.940. The molecule has 0 aliphatic carbocycles. The predicted octanol–water partition coefficient (Wildman–Crippen LogP) is 4.35. The Morgan fingerprint density at radius 1 is 0.696 bits per heavy atom. The van der Waals surface area contributed by atoms with Crippen LogP contribution < -0.4 is 0 Å². The first-order valence-electron chi connectivity index (χ1n) is 8.82. The Morgan fingerprint density at radius 3 is 1.70 bits per heavy atom. The molecule has 0 amide bonds. The summed E-state index contributed by atoms with van der Waals surface area (Å²) in [4.78, 5) is 0. The minimum absolute atomic E-state index is 0.360. The standard InChI is InChI=1S/C19H32O4/c1-3-5-12-20-14-16-22-19(18-10-8-7-9-11-18)23-17-15-21-13-6-4-2/h7-11,19H,3-6,12-17H2,1-2H3. The fourth-order valence-corrected chi connectivity index (χ4v) is 1.98. The molecule has 0 unspecified atom stereocenters. The second-order valence-electron chi connectivity index (χ2n) is 5.42. The maximum atomic E-state index is 5.83. The lowest BCUT2D eigenvalue weighted by Gasteiger charge is -2.19. The molecule has 132 valence electrons. The molecule has 0 aliphatic rings. The van der Waals surface area contributed by atoms with E-state index in [1.165, 1.54) is 0 Å². The fourth-order valence-electron chi connectivity index (χ4n) is 1.98. The molecule has 1 aromatic carbocycles. The second kappa shape index (κ2) is 14.6. The van der Waals surface area contributed by atoms with Crippen molar-refractivity contribution in [3.05, 3.63) is 35.9 Å². The summed E-state index contributed by atoms with van der Waals surface area (Å²) < 4.78 is 22.7. The van der Waals surface area contributed by atoms with Crippen molar-refractivity contribution in [1.82, 2.24) is 0 Å². The van der Waals surface area contributed by atoms with E-state index in [0.717, 1.165) is 44.5 Å². The van der Waals surface area contributed by atoms with E-state index in [1.54, 1.807) is 0 Å². The summed E-state index contributed by atoms with van der Waals surface area (Å²) >= 11 is 0. The van der Waals surface area contributed by atoms with Crippen molar-refractivity contribution in [1.29, 1.82) is 0 Å². The molecule has 1 rings (SSSR count). The number of rotatable bonds is 15. The Bertz CT molecular complexity index is 340. The van der Waals surface area contributed by atoms with Crippen molar-refractivity contribution in [2.24, 2.45) is 0 Å². The summed E-state index contributed by atoms with van der Waals surface area (Å²) in [6.07, 6.45) is 4.12. The van der Waals surface area contributed by atoms with Gasteiger partial charge in [-0.25, -0.2) is 0 Å². The van der Waals surface area contributed by atoms with E-state index in [9.17, 15) is 0 Å². The second-order valence-corrected chi connectivity index (χ2v) is 5.42. The average molecular weight is 324 g/mol. The SMILES string of the molecule is CCCCOCCOC(OCCOCCCC)c1ccccc1.